The van der Waals surface area contributed by atoms with Gasteiger partial charge in [0.1, 0.15) is 0 Å². The van der Waals surface area contributed by atoms with Crippen LogP contribution in [0.25, 0.3) is 11.0 Å². The van der Waals surface area contributed by atoms with Crippen LogP contribution >= 0.6 is 0 Å². The number of esters is 1. The van der Waals surface area contributed by atoms with Crippen LogP contribution in [-0.4, -0.2) is 28.5 Å². The van der Waals surface area contributed by atoms with Gasteiger partial charge >= 0.3 is 5.97 Å². The Labute approximate surface area is 110 Å². The minimum absolute atomic E-state index is 0.0775. The van der Waals surface area contributed by atoms with Crippen LogP contribution in [0.4, 0.5) is 5.69 Å². The molecule has 0 bridgehead atoms. The van der Waals surface area contributed by atoms with E-state index in [1.54, 1.807) is 18.5 Å². The lowest BCUT2D eigenvalue weighted by molar-refractivity contribution is -0.141. The fourth-order valence-corrected chi connectivity index (χ4v) is 1.75. The van der Waals surface area contributed by atoms with E-state index < -0.39 is 5.97 Å². The molecule has 2 aromatic rings. The highest BCUT2D eigenvalue weighted by Crippen LogP contribution is 2.17. The van der Waals surface area contributed by atoms with E-state index in [4.69, 9.17) is 0 Å². The quantitative estimate of drug-likeness (QED) is 0.846. The summed E-state index contributed by atoms with van der Waals surface area (Å²) in [5.41, 5.74) is 2.47. The van der Waals surface area contributed by atoms with E-state index in [2.05, 4.69) is 15.0 Å². The van der Waals surface area contributed by atoms with Crippen LogP contribution in [0.5, 0.6) is 0 Å². The van der Waals surface area contributed by atoms with E-state index in [1.165, 1.54) is 7.11 Å². The third-order valence-electron chi connectivity index (χ3n) is 2.79. The number of nitrogens with zero attached hydrogens (tertiary/aromatic N) is 2. The third-order valence-corrected chi connectivity index (χ3v) is 2.79. The molecule has 0 aliphatic rings. The lowest BCUT2D eigenvalue weighted by Crippen LogP contribution is -2.13. The zero-order chi connectivity index (χ0) is 13.8. The van der Waals surface area contributed by atoms with Crippen molar-refractivity contribution in [3.8, 4) is 0 Å². The van der Waals surface area contributed by atoms with Crippen molar-refractivity contribution in [2.75, 3.05) is 12.4 Å². The molecule has 0 atom stereocenters. The smallest absolute Gasteiger partial charge is 0.306 e. The van der Waals surface area contributed by atoms with Crippen molar-refractivity contribution in [2.24, 2.45) is 7.05 Å². The number of fused-ring (bicyclic) bond motifs is 1. The number of imidazole rings is 1. The number of nitrogens with one attached hydrogen (secondary N) is 1. The highest BCUT2D eigenvalue weighted by atomic mass is 16.5. The largest absolute Gasteiger partial charge is 0.469 e. The number of carbonyl (C=O) groups excluding carboxylic acids is 2. The summed E-state index contributed by atoms with van der Waals surface area (Å²) in [6.45, 7) is 0. The minimum Gasteiger partial charge on any atom is -0.469 e. The highest BCUT2D eigenvalue weighted by Gasteiger charge is 2.08. The number of anilines is 1. The molecule has 2 rings (SSSR count). The molecule has 1 aromatic carbocycles. The summed E-state index contributed by atoms with van der Waals surface area (Å²) in [6.07, 6.45) is 1.90. The Morgan fingerprint density at radius 3 is 2.89 bits per heavy atom. The SMILES string of the molecule is COC(=O)CCC(=O)Nc1ccc2c(c1)ncn2C. The Bertz CT molecular complexity index is 619. The zero-order valence-corrected chi connectivity index (χ0v) is 10.8. The Balaban J connectivity index is 2.00. The predicted molar refractivity (Wildman–Crippen MR) is 70.6 cm³/mol. The molecule has 1 aromatic heterocycles. The van der Waals surface area contributed by atoms with Crippen LogP contribution in [0.3, 0.4) is 0 Å². The Morgan fingerprint density at radius 2 is 2.16 bits per heavy atom. The molecular weight excluding hydrogens is 246 g/mol. The van der Waals surface area contributed by atoms with Gasteiger partial charge in [-0.25, -0.2) is 4.98 Å². The van der Waals surface area contributed by atoms with E-state index in [0.29, 0.717) is 5.69 Å². The number of hydrogen-bond acceptors (Lipinski definition) is 4. The van der Waals surface area contributed by atoms with Gasteiger partial charge in [-0.3, -0.25) is 9.59 Å². The maximum Gasteiger partial charge on any atom is 0.306 e. The van der Waals surface area contributed by atoms with E-state index in [0.717, 1.165) is 11.0 Å². The highest BCUT2D eigenvalue weighted by molar-refractivity contribution is 5.94. The van der Waals surface area contributed by atoms with E-state index >= 15 is 0 Å². The molecular formula is C13H15N3O3. The summed E-state index contributed by atoms with van der Waals surface area (Å²) in [6, 6.07) is 5.49. The third kappa shape index (κ3) is 3.09. The topological polar surface area (TPSA) is 73.2 Å². The molecule has 0 aliphatic carbocycles. The van der Waals surface area contributed by atoms with Gasteiger partial charge in [0.15, 0.2) is 0 Å². The minimum atomic E-state index is -0.393. The zero-order valence-electron chi connectivity index (χ0n) is 10.8. The van der Waals surface area contributed by atoms with Crippen molar-refractivity contribution in [3.05, 3.63) is 24.5 Å². The average molecular weight is 261 g/mol. The number of hydrogen-bond donors (Lipinski definition) is 1. The van der Waals surface area contributed by atoms with E-state index in [-0.39, 0.29) is 18.7 Å². The fourth-order valence-electron chi connectivity index (χ4n) is 1.75. The number of carbonyl (C=O) groups is 2. The molecule has 0 radical (unpaired) electrons. The van der Waals surface area contributed by atoms with Gasteiger partial charge in [0.2, 0.25) is 5.91 Å². The second-order valence-electron chi connectivity index (χ2n) is 4.18. The monoisotopic (exact) mass is 261 g/mol. The van der Waals surface area contributed by atoms with Crippen LogP contribution in [0.15, 0.2) is 24.5 Å². The van der Waals surface area contributed by atoms with Crippen molar-refractivity contribution >= 4 is 28.6 Å². The van der Waals surface area contributed by atoms with Gasteiger partial charge in [0.25, 0.3) is 0 Å². The molecule has 0 aliphatic heterocycles. The molecule has 1 amide bonds. The summed E-state index contributed by atoms with van der Waals surface area (Å²) >= 11 is 0. The van der Waals surface area contributed by atoms with E-state index in [1.807, 2.05) is 17.7 Å². The lowest BCUT2D eigenvalue weighted by Gasteiger charge is -2.05. The number of benzene rings is 1. The van der Waals surface area contributed by atoms with Gasteiger partial charge in [-0.15, -0.1) is 0 Å². The maximum atomic E-state index is 11.6. The molecule has 0 saturated heterocycles. The van der Waals surface area contributed by atoms with Crippen molar-refractivity contribution in [1.29, 1.82) is 0 Å². The predicted octanol–water partition coefficient (Wildman–Crippen LogP) is 1.46. The molecule has 0 spiro atoms. The standard InChI is InChI=1S/C13H15N3O3/c1-16-8-14-10-7-9(3-4-11(10)16)15-12(17)5-6-13(18)19-2/h3-4,7-8H,5-6H2,1-2H3,(H,15,17). The molecule has 1 N–H and O–H groups in total. The number of methoxy groups -OCH3 is 1. The first kappa shape index (κ1) is 13.1. The molecule has 1 heterocycles. The molecule has 6 heteroatoms. The second kappa shape index (κ2) is 5.51. The molecule has 6 nitrogen and oxygen atoms in total. The van der Waals surface area contributed by atoms with Gasteiger partial charge in [-0.1, -0.05) is 0 Å². The summed E-state index contributed by atoms with van der Waals surface area (Å²) in [4.78, 5) is 26.8. The summed E-state index contributed by atoms with van der Waals surface area (Å²) in [5.74, 6) is -0.615. The summed E-state index contributed by atoms with van der Waals surface area (Å²) in [5, 5.41) is 2.73. The van der Waals surface area contributed by atoms with Crippen LogP contribution in [0.2, 0.25) is 0 Å². The molecule has 0 unspecified atom stereocenters. The first-order chi connectivity index (χ1) is 9.10. The van der Waals surface area contributed by atoms with Gasteiger partial charge in [0, 0.05) is 19.2 Å². The number of rotatable bonds is 4. The molecule has 19 heavy (non-hydrogen) atoms. The Morgan fingerprint density at radius 1 is 1.37 bits per heavy atom. The summed E-state index contributed by atoms with van der Waals surface area (Å²) < 4.78 is 6.38. The van der Waals surface area contributed by atoms with Gasteiger partial charge in [0.05, 0.1) is 30.9 Å². The maximum absolute atomic E-state index is 11.6. The second-order valence-corrected chi connectivity index (χ2v) is 4.18. The normalized spacial score (nSPS) is 10.4. The lowest BCUT2D eigenvalue weighted by atomic mass is 10.2. The van der Waals surface area contributed by atoms with Crippen LogP contribution in [0, 0.1) is 0 Å². The summed E-state index contributed by atoms with van der Waals surface area (Å²) in [7, 11) is 3.21. The first-order valence-electron chi connectivity index (χ1n) is 5.88. The van der Waals surface area contributed by atoms with Crippen molar-refractivity contribution < 1.29 is 14.3 Å². The van der Waals surface area contributed by atoms with Crippen LogP contribution in [-0.2, 0) is 21.4 Å². The fraction of sp³-hybridized carbons (Fsp3) is 0.308. The number of aromatic nitrogens is 2. The number of aryl methyl sites for hydroxylation is 1. The van der Waals surface area contributed by atoms with Crippen LogP contribution in [0.1, 0.15) is 12.8 Å². The van der Waals surface area contributed by atoms with Crippen molar-refractivity contribution in [2.45, 2.75) is 12.8 Å². The molecule has 0 fully saturated rings. The van der Waals surface area contributed by atoms with Gasteiger partial charge < -0.3 is 14.6 Å². The number of amides is 1. The van der Waals surface area contributed by atoms with Gasteiger partial charge in [-0.2, -0.15) is 0 Å². The van der Waals surface area contributed by atoms with Crippen LogP contribution < -0.4 is 5.32 Å². The van der Waals surface area contributed by atoms with Crippen molar-refractivity contribution in [3.63, 3.8) is 0 Å². The Hall–Kier alpha value is -2.37. The Kier molecular flexibility index (Phi) is 3.79. The molecule has 100 valence electrons. The average Bonchev–Trinajstić information content (AvgIpc) is 2.77. The van der Waals surface area contributed by atoms with E-state index in [9.17, 15) is 9.59 Å². The molecule has 0 saturated carbocycles. The van der Waals surface area contributed by atoms with Gasteiger partial charge in [-0.05, 0) is 18.2 Å². The number of ether oxygens (including phenoxy) is 1. The first-order valence-corrected chi connectivity index (χ1v) is 5.88. The van der Waals surface area contributed by atoms with Crippen molar-refractivity contribution in [1.82, 2.24) is 9.55 Å².